The van der Waals surface area contributed by atoms with Gasteiger partial charge in [-0.05, 0) is 95.4 Å². The molecule has 2 aromatic heterocycles. The molecule has 11 aromatic rings. The predicted molar refractivity (Wildman–Crippen MR) is 239 cm³/mol. The second-order valence-corrected chi connectivity index (χ2v) is 15.2. The summed E-state index contributed by atoms with van der Waals surface area (Å²) in [6, 6.07) is 73.9. The minimum Gasteiger partial charge on any atom is -0.456 e. The Kier molecular flexibility index (Phi) is 7.68. The Balaban J connectivity index is 1.12. The molecular formula is C52H34N2OS. The molecule has 0 radical (unpaired) electrons. The summed E-state index contributed by atoms with van der Waals surface area (Å²) in [7, 11) is 0. The minimum absolute atomic E-state index is 0.873. The first kappa shape index (κ1) is 32.3. The third-order valence-corrected chi connectivity index (χ3v) is 12.0. The molecule has 264 valence electrons. The molecule has 0 saturated heterocycles. The van der Waals surface area contributed by atoms with Crippen LogP contribution in [0, 0.1) is 0 Å². The highest BCUT2D eigenvalue weighted by atomic mass is 32.1. The highest BCUT2D eigenvalue weighted by molar-refractivity contribution is 7.26. The molecule has 0 aliphatic rings. The molecule has 0 fully saturated rings. The van der Waals surface area contributed by atoms with Gasteiger partial charge in [0.05, 0.1) is 11.4 Å². The first-order valence-electron chi connectivity index (χ1n) is 18.9. The fourth-order valence-electron chi connectivity index (χ4n) is 8.24. The van der Waals surface area contributed by atoms with Crippen LogP contribution in [0.1, 0.15) is 0 Å². The summed E-state index contributed by atoms with van der Waals surface area (Å²) < 4.78 is 8.90. The van der Waals surface area contributed by atoms with Crippen LogP contribution in [-0.2, 0) is 0 Å². The zero-order chi connectivity index (χ0) is 37.0. The number of anilines is 6. The lowest BCUT2D eigenvalue weighted by molar-refractivity contribution is 0.669. The van der Waals surface area contributed by atoms with Crippen molar-refractivity contribution in [3.8, 4) is 11.1 Å². The Morgan fingerprint density at radius 1 is 0.339 bits per heavy atom. The lowest BCUT2D eigenvalue weighted by Gasteiger charge is -2.28. The van der Waals surface area contributed by atoms with E-state index in [0.717, 1.165) is 56.1 Å². The van der Waals surface area contributed by atoms with Crippen molar-refractivity contribution in [2.75, 3.05) is 9.80 Å². The fraction of sp³-hybridized carbons (Fsp3) is 0. The van der Waals surface area contributed by atoms with Crippen LogP contribution in [0.2, 0.25) is 0 Å². The number of rotatable bonds is 7. The van der Waals surface area contributed by atoms with Crippen molar-refractivity contribution >= 4 is 98.3 Å². The number of para-hydroxylation sites is 2. The van der Waals surface area contributed by atoms with E-state index in [4.69, 9.17) is 4.42 Å². The summed E-state index contributed by atoms with van der Waals surface area (Å²) in [5.74, 6) is 0. The van der Waals surface area contributed by atoms with Crippen LogP contribution in [0.3, 0.4) is 0 Å². The normalized spacial score (nSPS) is 11.6. The molecule has 0 unspecified atom stereocenters. The molecule has 3 nitrogen and oxygen atoms in total. The maximum atomic E-state index is 6.42. The van der Waals surface area contributed by atoms with Gasteiger partial charge in [-0.15, -0.1) is 11.3 Å². The van der Waals surface area contributed by atoms with Crippen molar-refractivity contribution in [1.82, 2.24) is 0 Å². The first-order valence-corrected chi connectivity index (χ1v) is 19.7. The molecule has 9 aromatic carbocycles. The number of nitrogens with zero attached hydrogens (tertiary/aromatic N) is 2. The van der Waals surface area contributed by atoms with Gasteiger partial charge in [0.2, 0.25) is 0 Å². The maximum absolute atomic E-state index is 6.42. The van der Waals surface area contributed by atoms with Crippen LogP contribution in [0.15, 0.2) is 211 Å². The Bertz CT molecular complexity index is 3200. The van der Waals surface area contributed by atoms with Crippen molar-refractivity contribution in [2.24, 2.45) is 0 Å². The number of fused-ring (bicyclic) bond motifs is 7. The second kappa shape index (κ2) is 13.3. The largest absolute Gasteiger partial charge is 0.456 e. The van der Waals surface area contributed by atoms with Crippen molar-refractivity contribution in [2.45, 2.75) is 0 Å². The zero-order valence-electron chi connectivity index (χ0n) is 30.3. The summed E-state index contributed by atoms with van der Waals surface area (Å²) in [5.41, 5.74) is 10.8. The lowest BCUT2D eigenvalue weighted by atomic mass is 10.0. The van der Waals surface area contributed by atoms with Crippen molar-refractivity contribution in [3.63, 3.8) is 0 Å². The quantitative estimate of drug-likeness (QED) is 0.163. The van der Waals surface area contributed by atoms with Gasteiger partial charge < -0.3 is 14.2 Å². The van der Waals surface area contributed by atoms with E-state index in [1.807, 2.05) is 23.5 Å². The number of hydrogen-bond donors (Lipinski definition) is 0. The number of benzene rings is 9. The van der Waals surface area contributed by atoms with E-state index >= 15 is 0 Å². The van der Waals surface area contributed by atoms with Gasteiger partial charge in [-0.3, -0.25) is 0 Å². The van der Waals surface area contributed by atoms with E-state index in [0.29, 0.717) is 0 Å². The first-order chi connectivity index (χ1) is 27.8. The molecule has 0 saturated carbocycles. The summed E-state index contributed by atoms with van der Waals surface area (Å²) in [4.78, 5) is 4.78. The van der Waals surface area contributed by atoms with Gasteiger partial charge >= 0.3 is 0 Å². The molecule has 0 spiro atoms. The second-order valence-electron chi connectivity index (χ2n) is 14.1. The van der Waals surface area contributed by atoms with Gasteiger partial charge in [-0.2, -0.15) is 0 Å². The zero-order valence-corrected chi connectivity index (χ0v) is 31.2. The van der Waals surface area contributed by atoms with E-state index < -0.39 is 0 Å². The van der Waals surface area contributed by atoms with Crippen molar-refractivity contribution < 1.29 is 4.42 Å². The topological polar surface area (TPSA) is 19.6 Å². The van der Waals surface area contributed by atoms with Crippen LogP contribution >= 0.6 is 11.3 Å². The summed E-state index contributed by atoms with van der Waals surface area (Å²) >= 11 is 1.84. The minimum atomic E-state index is 0.873. The van der Waals surface area contributed by atoms with Crippen LogP contribution in [0.5, 0.6) is 0 Å². The summed E-state index contributed by atoms with van der Waals surface area (Å²) in [5, 5.41) is 7.10. The Labute approximate surface area is 328 Å². The fourth-order valence-corrected chi connectivity index (χ4v) is 9.35. The van der Waals surface area contributed by atoms with Gasteiger partial charge in [0.1, 0.15) is 11.2 Å². The molecule has 0 aliphatic heterocycles. The number of hydrogen-bond acceptors (Lipinski definition) is 4. The average molecular weight is 735 g/mol. The highest BCUT2D eigenvalue weighted by Crippen LogP contribution is 2.48. The van der Waals surface area contributed by atoms with Crippen LogP contribution < -0.4 is 9.80 Å². The molecule has 0 bridgehead atoms. The molecule has 0 atom stereocenters. The van der Waals surface area contributed by atoms with Crippen LogP contribution in [-0.4, -0.2) is 0 Å². The van der Waals surface area contributed by atoms with E-state index in [1.54, 1.807) is 0 Å². The van der Waals surface area contributed by atoms with Gasteiger partial charge in [0.15, 0.2) is 0 Å². The van der Waals surface area contributed by atoms with Crippen LogP contribution in [0.4, 0.5) is 34.1 Å². The van der Waals surface area contributed by atoms with Gasteiger partial charge in [0.25, 0.3) is 0 Å². The van der Waals surface area contributed by atoms with Gasteiger partial charge in [-0.25, -0.2) is 0 Å². The van der Waals surface area contributed by atoms with Gasteiger partial charge in [-0.1, -0.05) is 121 Å². The van der Waals surface area contributed by atoms with Crippen molar-refractivity contribution in [3.05, 3.63) is 206 Å². The Hall–Kier alpha value is -7.14. The average Bonchev–Trinajstić information content (AvgIpc) is 3.83. The molecule has 11 rings (SSSR count). The predicted octanol–water partition coefficient (Wildman–Crippen LogP) is 15.7. The molecule has 0 N–H and O–H groups in total. The monoisotopic (exact) mass is 734 g/mol. The van der Waals surface area contributed by atoms with E-state index in [-0.39, 0.29) is 0 Å². The Morgan fingerprint density at radius 3 is 1.79 bits per heavy atom. The third-order valence-electron chi connectivity index (χ3n) is 10.8. The molecule has 2 heterocycles. The third kappa shape index (κ3) is 5.42. The Morgan fingerprint density at radius 2 is 0.929 bits per heavy atom. The van der Waals surface area contributed by atoms with Crippen LogP contribution in [0.25, 0.3) is 64.0 Å². The number of furan rings is 1. The number of thiophene rings is 1. The molecule has 0 aliphatic carbocycles. The standard InChI is InChI=1S/C52H34N2OS/c1-3-13-35(14-4-1)36-25-27-39(28-26-36)53(46-21-11-16-37-15-7-8-19-42(37)46)40-30-32-50-45(33-40)52-47(22-12-24-51(52)56-50)54(38-17-5-2-6-18-38)41-29-31-44-43-20-9-10-23-48(43)55-49(44)34-41/h1-34H. The van der Waals surface area contributed by atoms with E-state index in [1.165, 1.54) is 42.1 Å². The van der Waals surface area contributed by atoms with Crippen molar-refractivity contribution in [1.29, 1.82) is 0 Å². The highest BCUT2D eigenvalue weighted by Gasteiger charge is 2.22. The summed E-state index contributed by atoms with van der Waals surface area (Å²) in [6.45, 7) is 0. The molecule has 56 heavy (non-hydrogen) atoms. The summed E-state index contributed by atoms with van der Waals surface area (Å²) in [6.07, 6.45) is 0. The molecule has 4 heteroatoms. The SMILES string of the molecule is c1ccc(-c2ccc(N(c3ccc4sc5cccc(N(c6ccccc6)c6ccc7c(c6)oc6ccccc67)c5c4c3)c3cccc4ccccc34)cc2)cc1. The van der Waals surface area contributed by atoms with E-state index in [2.05, 4.69) is 204 Å². The molecule has 0 amide bonds. The smallest absolute Gasteiger partial charge is 0.137 e. The lowest BCUT2D eigenvalue weighted by Crippen LogP contribution is -2.11. The molecular weight excluding hydrogens is 701 g/mol. The van der Waals surface area contributed by atoms with Gasteiger partial charge in [0, 0.05) is 65.1 Å². The van der Waals surface area contributed by atoms with E-state index in [9.17, 15) is 0 Å². The maximum Gasteiger partial charge on any atom is 0.137 e.